The molecule has 0 aromatic rings. The fraction of sp³-hybridized carbons (Fsp3) is 0.900. The number of thioether (sulfide) groups is 1. The molecule has 1 rings (SSSR count). The normalized spacial score (nSPS) is 24.7. The highest BCUT2D eigenvalue weighted by Crippen LogP contribution is 2.22. The summed E-state index contributed by atoms with van der Waals surface area (Å²) in [7, 11) is -0.685. The van der Waals surface area contributed by atoms with E-state index in [1.54, 1.807) is 6.26 Å². The van der Waals surface area contributed by atoms with Gasteiger partial charge in [-0.2, -0.15) is 0 Å². The number of nitrogens with one attached hydrogen (secondary N) is 1. The highest BCUT2D eigenvalue weighted by atomic mass is 32.2. The molecule has 0 fully saturated rings. The topological polar surface area (TPSA) is 41.5 Å². The van der Waals surface area contributed by atoms with Crippen LogP contribution < -0.4 is 5.32 Å². The van der Waals surface area contributed by atoms with Gasteiger partial charge in [0.25, 0.3) is 0 Å². The van der Waals surface area contributed by atoms with Gasteiger partial charge in [0.1, 0.15) is 0 Å². The van der Waals surface area contributed by atoms with Crippen LogP contribution in [0.4, 0.5) is 0 Å². The first-order chi connectivity index (χ1) is 7.11. The molecule has 5 heteroatoms. The van der Waals surface area contributed by atoms with Crippen LogP contribution in [-0.2, 0) is 10.8 Å². The smallest absolute Gasteiger partial charge is 0.157 e. The van der Waals surface area contributed by atoms with Gasteiger partial charge in [0.2, 0.25) is 0 Å². The SMILES string of the molecule is CCC1CN=C(NC(C)CCS(C)=O)S1. The fourth-order valence-corrected chi connectivity index (χ4v) is 3.07. The van der Waals surface area contributed by atoms with Crippen molar-refractivity contribution in [1.29, 1.82) is 0 Å². The van der Waals surface area contributed by atoms with E-state index < -0.39 is 10.8 Å². The third-order valence-corrected chi connectivity index (χ3v) is 4.48. The molecule has 1 aliphatic rings. The van der Waals surface area contributed by atoms with E-state index in [1.807, 2.05) is 11.8 Å². The van der Waals surface area contributed by atoms with Gasteiger partial charge in [-0.15, -0.1) is 0 Å². The van der Waals surface area contributed by atoms with Crippen molar-refractivity contribution in [2.75, 3.05) is 18.6 Å². The van der Waals surface area contributed by atoms with Crippen molar-refractivity contribution in [1.82, 2.24) is 5.32 Å². The lowest BCUT2D eigenvalue weighted by Gasteiger charge is -2.14. The van der Waals surface area contributed by atoms with E-state index in [1.165, 1.54) is 6.42 Å². The summed E-state index contributed by atoms with van der Waals surface area (Å²) in [5.74, 6) is 0.767. The van der Waals surface area contributed by atoms with Crippen LogP contribution in [0.1, 0.15) is 26.7 Å². The van der Waals surface area contributed by atoms with Crippen LogP contribution in [0.15, 0.2) is 4.99 Å². The highest BCUT2D eigenvalue weighted by Gasteiger charge is 2.18. The van der Waals surface area contributed by atoms with Crippen LogP contribution in [0.2, 0.25) is 0 Å². The van der Waals surface area contributed by atoms with Gasteiger partial charge in [-0.3, -0.25) is 9.20 Å². The van der Waals surface area contributed by atoms with E-state index in [2.05, 4.69) is 24.2 Å². The average molecular weight is 248 g/mol. The zero-order valence-corrected chi connectivity index (χ0v) is 11.3. The molecule has 3 unspecified atom stereocenters. The monoisotopic (exact) mass is 248 g/mol. The van der Waals surface area contributed by atoms with Crippen molar-refractivity contribution in [3.8, 4) is 0 Å². The van der Waals surface area contributed by atoms with Crippen molar-refractivity contribution >= 4 is 27.7 Å². The van der Waals surface area contributed by atoms with Crippen LogP contribution in [0.25, 0.3) is 0 Å². The molecule has 1 heterocycles. The highest BCUT2D eigenvalue weighted by molar-refractivity contribution is 8.14. The van der Waals surface area contributed by atoms with Gasteiger partial charge in [0, 0.05) is 34.1 Å². The molecule has 0 spiro atoms. The van der Waals surface area contributed by atoms with E-state index in [0.717, 1.165) is 23.9 Å². The van der Waals surface area contributed by atoms with Crippen LogP contribution in [0.3, 0.4) is 0 Å². The van der Waals surface area contributed by atoms with Gasteiger partial charge in [-0.1, -0.05) is 18.7 Å². The van der Waals surface area contributed by atoms with E-state index in [-0.39, 0.29) is 0 Å². The molecule has 0 amide bonds. The minimum atomic E-state index is -0.685. The maximum atomic E-state index is 10.9. The molecule has 0 aliphatic carbocycles. The first-order valence-electron chi connectivity index (χ1n) is 5.39. The first-order valence-corrected chi connectivity index (χ1v) is 8.00. The average Bonchev–Trinajstić information content (AvgIpc) is 2.62. The molecule has 0 radical (unpaired) electrons. The molecule has 1 aliphatic heterocycles. The van der Waals surface area contributed by atoms with Gasteiger partial charge in [-0.05, 0) is 19.8 Å². The molecule has 3 nitrogen and oxygen atoms in total. The van der Waals surface area contributed by atoms with Crippen LogP contribution >= 0.6 is 11.8 Å². The Kier molecular flexibility index (Phi) is 5.68. The number of amidine groups is 1. The zero-order chi connectivity index (χ0) is 11.3. The van der Waals surface area contributed by atoms with E-state index in [0.29, 0.717) is 11.3 Å². The number of aliphatic imine (C=N–C) groups is 1. The largest absolute Gasteiger partial charge is 0.362 e. The Morgan fingerprint density at radius 3 is 3.00 bits per heavy atom. The molecule has 0 aromatic heterocycles. The van der Waals surface area contributed by atoms with Crippen molar-refractivity contribution in [3.63, 3.8) is 0 Å². The lowest BCUT2D eigenvalue weighted by atomic mass is 10.3. The maximum absolute atomic E-state index is 10.9. The molecule has 0 saturated heterocycles. The molecule has 3 atom stereocenters. The van der Waals surface area contributed by atoms with Crippen LogP contribution in [-0.4, -0.2) is 39.2 Å². The van der Waals surface area contributed by atoms with Crippen LogP contribution in [0, 0.1) is 0 Å². The van der Waals surface area contributed by atoms with Crippen molar-refractivity contribution in [2.45, 2.75) is 38.0 Å². The number of hydrogen-bond acceptors (Lipinski definition) is 4. The Morgan fingerprint density at radius 2 is 2.47 bits per heavy atom. The summed E-state index contributed by atoms with van der Waals surface area (Å²) in [6.07, 6.45) is 3.87. The van der Waals surface area contributed by atoms with E-state index in [9.17, 15) is 4.21 Å². The van der Waals surface area contributed by atoms with Gasteiger partial charge in [0.05, 0.1) is 6.54 Å². The van der Waals surface area contributed by atoms with Gasteiger partial charge < -0.3 is 5.32 Å². The maximum Gasteiger partial charge on any atom is 0.157 e. The molecule has 88 valence electrons. The second-order valence-corrected chi connectivity index (χ2v) is 6.75. The van der Waals surface area contributed by atoms with Gasteiger partial charge in [0.15, 0.2) is 5.17 Å². The summed E-state index contributed by atoms with van der Waals surface area (Å²) in [4.78, 5) is 4.45. The Morgan fingerprint density at radius 1 is 1.73 bits per heavy atom. The van der Waals surface area contributed by atoms with Gasteiger partial charge >= 0.3 is 0 Å². The van der Waals surface area contributed by atoms with Crippen molar-refractivity contribution in [3.05, 3.63) is 0 Å². The third-order valence-electron chi connectivity index (χ3n) is 2.38. The van der Waals surface area contributed by atoms with Crippen LogP contribution in [0.5, 0.6) is 0 Å². The molecule has 1 N–H and O–H groups in total. The Balaban J connectivity index is 2.21. The van der Waals surface area contributed by atoms with E-state index in [4.69, 9.17) is 0 Å². The third kappa shape index (κ3) is 5.02. The summed E-state index contributed by atoms with van der Waals surface area (Å²) in [5.41, 5.74) is 0. The van der Waals surface area contributed by atoms with Crippen molar-refractivity contribution in [2.24, 2.45) is 4.99 Å². The summed E-state index contributed by atoms with van der Waals surface area (Å²) in [6, 6.07) is 0.371. The number of hydrogen-bond donors (Lipinski definition) is 1. The Labute approximate surface area is 99.0 Å². The number of nitrogens with zero attached hydrogens (tertiary/aromatic N) is 1. The summed E-state index contributed by atoms with van der Waals surface area (Å²) >= 11 is 1.84. The summed E-state index contributed by atoms with van der Waals surface area (Å²) < 4.78 is 10.9. The standard InChI is InChI=1S/C10H20N2OS2/c1-4-9-7-11-10(14-9)12-8(2)5-6-15(3)13/h8-9H,4-7H2,1-3H3,(H,11,12). The molecular weight excluding hydrogens is 228 g/mol. The lowest BCUT2D eigenvalue weighted by Crippen LogP contribution is -2.31. The summed E-state index contributed by atoms with van der Waals surface area (Å²) in [5, 5.41) is 5.10. The number of rotatable bonds is 5. The van der Waals surface area contributed by atoms with Crippen molar-refractivity contribution < 1.29 is 4.21 Å². The molecular formula is C10H20N2OS2. The molecule has 0 bridgehead atoms. The lowest BCUT2D eigenvalue weighted by molar-refractivity contribution is 0.638. The quantitative estimate of drug-likeness (QED) is 0.804. The molecule has 15 heavy (non-hydrogen) atoms. The first kappa shape index (κ1) is 13.0. The minimum Gasteiger partial charge on any atom is -0.362 e. The minimum absolute atomic E-state index is 0.371. The second-order valence-electron chi connectivity index (χ2n) is 3.91. The zero-order valence-electron chi connectivity index (χ0n) is 9.66. The Bertz CT molecular complexity index is 256. The van der Waals surface area contributed by atoms with Gasteiger partial charge in [-0.25, -0.2) is 0 Å². The summed E-state index contributed by atoms with van der Waals surface area (Å²) in [6.45, 7) is 5.25. The Hall–Kier alpha value is -0.0300. The van der Waals surface area contributed by atoms with E-state index >= 15 is 0 Å². The fourth-order valence-electron chi connectivity index (χ4n) is 1.33. The predicted molar refractivity (Wildman–Crippen MR) is 70.1 cm³/mol. The second kappa shape index (κ2) is 6.53. The predicted octanol–water partition coefficient (Wildman–Crippen LogP) is 1.61. The molecule has 0 saturated carbocycles. The molecule has 0 aromatic carbocycles.